The second-order valence-electron chi connectivity index (χ2n) is 4.13. The summed E-state index contributed by atoms with van der Waals surface area (Å²) >= 11 is 1.77. The predicted octanol–water partition coefficient (Wildman–Crippen LogP) is 2.63. The van der Waals surface area contributed by atoms with Crippen LogP contribution in [0.4, 0.5) is 10.5 Å². The second kappa shape index (κ2) is 6.06. The Hall–Kier alpha value is -1.56. The average Bonchev–Trinajstić information content (AvgIpc) is 2.84. The van der Waals surface area contributed by atoms with E-state index in [2.05, 4.69) is 5.32 Å². The van der Waals surface area contributed by atoms with Gasteiger partial charge in [-0.3, -0.25) is 0 Å². The van der Waals surface area contributed by atoms with Crippen molar-refractivity contribution in [3.05, 3.63) is 18.2 Å². The van der Waals surface area contributed by atoms with E-state index in [0.29, 0.717) is 17.2 Å². The van der Waals surface area contributed by atoms with Gasteiger partial charge in [0.1, 0.15) is 0 Å². The maximum absolute atomic E-state index is 12.2. The van der Waals surface area contributed by atoms with Crippen LogP contribution in [0.5, 0.6) is 11.5 Å². The number of para-hydroxylation sites is 1. The van der Waals surface area contributed by atoms with Crippen LogP contribution in [0.15, 0.2) is 18.2 Å². The van der Waals surface area contributed by atoms with Crippen molar-refractivity contribution in [3.8, 4) is 11.5 Å². The van der Waals surface area contributed by atoms with Crippen LogP contribution in [-0.4, -0.2) is 42.8 Å². The van der Waals surface area contributed by atoms with E-state index in [1.807, 2.05) is 17.9 Å². The van der Waals surface area contributed by atoms with E-state index in [0.717, 1.165) is 12.3 Å². The van der Waals surface area contributed by atoms with Gasteiger partial charge in [-0.25, -0.2) is 4.79 Å². The number of rotatable bonds is 3. The lowest BCUT2D eigenvalue weighted by atomic mass is 10.2. The van der Waals surface area contributed by atoms with E-state index in [4.69, 9.17) is 9.47 Å². The Labute approximate surface area is 117 Å². The van der Waals surface area contributed by atoms with E-state index >= 15 is 0 Å². The van der Waals surface area contributed by atoms with Crippen LogP contribution in [0, 0.1) is 0 Å². The van der Waals surface area contributed by atoms with Crippen LogP contribution in [-0.2, 0) is 0 Å². The van der Waals surface area contributed by atoms with Gasteiger partial charge in [0.05, 0.1) is 25.3 Å². The molecule has 1 unspecified atom stereocenters. The third-order valence-corrected chi connectivity index (χ3v) is 4.19. The molecule has 0 bridgehead atoms. The number of anilines is 1. The largest absolute Gasteiger partial charge is 0.493 e. The van der Waals surface area contributed by atoms with Gasteiger partial charge in [-0.1, -0.05) is 6.07 Å². The number of carbonyl (C=O) groups is 1. The predicted molar refractivity (Wildman–Crippen MR) is 77.2 cm³/mol. The summed E-state index contributed by atoms with van der Waals surface area (Å²) in [5.74, 6) is 2.12. The molecule has 6 heteroatoms. The molecule has 1 heterocycles. The van der Waals surface area contributed by atoms with Crippen LogP contribution >= 0.6 is 11.8 Å². The number of urea groups is 1. The fourth-order valence-electron chi connectivity index (χ4n) is 2.03. The molecule has 2 amide bonds. The number of nitrogens with one attached hydrogen (secondary N) is 1. The number of hydrogen-bond donors (Lipinski definition) is 1. The van der Waals surface area contributed by atoms with E-state index in [-0.39, 0.29) is 11.4 Å². The van der Waals surface area contributed by atoms with Crippen molar-refractivity contribution in [3.63, 3.8) is 0 Å². The van der Waals surface area contributed by atoms with Gasteiger partial charge < -0.3 is 19.7 Å². The highest BCUT2D eigenvalue weighted by atomic mass is 32.2. The standard InChI is InChI=1S/C13H18N2O3S/c1-9-15(7-8-19-9)13(16)14-10-5-4-6-11(17-2)12(10)18-3/h4-6,9H,7-8H2,1-3H3,(H,14,16). The molecule has 1 aromatic rings. The third-order valence-electron chi connectivity index (χ3n) is 3.04. The normalized spacial score (nSPS) is 18.3. The molecule has 0 spiro atoms. The lowest BCUT2D eigenvalue weighted by molar-refractivity contribution is 0.216. The van der Waals surface area contributed by atoms with Crippen molar-refractivity contribution in [1.82, 2.24) is 4.90 Å². The van der Waals surface area contributed by atoms with E-state index in [1.165, 1.54) is 0 Å². The first kappa shape index (κ1) is 13.9. The average molecular weight is 282 g/mol. The number of benzene rings is 1. The van der Waals surface area contributed by atoms with Gasteiger partial charge in [0, 0.05) is 12.3 Å². The second-order valence-corrected chi connectivity index (χ2v) is 5.56. The van der Waals surface area contributed by atoms with Gasteiger partial charge in [-0.15, -0.1) is 11.8 Å². The molecule has 1 N–H and O–H groups in total. The maximum atomic E-state index is 12.2. The molecule has 1 saturated heterocycles. The summed E-state index contributed by atoms with van der Waals surface area (Å²) in [5.41, 5.74) is 0.621. The van der Waals surface area contributed by atoms with Crippen molar-refractivity contribution in [2.75, 3.05) is 31.8 Å². The summed E-state index contributed by atoms with van der Waals surface area (Å²) in [6.07, 6.45) is 0. The van der Waals surface area contributed by atoms with Crippen molar-refractivity contribution in [2.45, 2.75) is 12.3 Å². The quantitative estimate of drug-likeness (QED) is 0.926. The summed E-state index contributed by atoms with van der Waals surface area (Å²) < 4.78 is 10.5. The van der Waals surface area contributed by atoms with Crippen molar-refractivity contribution in [1.29, 1.82) is 0 Å². The van der Waals surface area contributed by atoms with E-state index < -0.39 is 0 Å². The first-order valence-electron chi connectivity index (χ1n) is 6.07. The number of thioether (sulfide) groups is 1. The van der Waals surface area contributed by atoms with Crippen molar-refractivity contribution >= 4 is 23.5 Å². The molecule has 0 saturated carbocycles. The third kappa shape index (κ3) is 2.89. The van der Waals surface area contributed by atoms with Crippen LogP contribution in [0.25, 0.3) is 0 Å². The topological polar surface area (TPSA) is 50.8 Å². The zero-order valence-electron chi connectivity index (χ0n) is 11.3. The number of ether oxygens (including phenoxy) is 2. The Kier molecular flexibility index (Phi) is 4.42. The molecular weight excluding hydrogens is 264 g/mol. The number of hydrogen-bond acceptors (Lipinski definition) is 4. The highest BCUT2D eigenvalue weighted by Gasteiger charge is 2.26. The molecule has 1 aliphatic rings. The molecule has 104 valence electrons. The maximum Gasteiger partial charge on any atom is 0.322 e. The fraction of sp³-hybridized carbons (Fsp3) is 0.462. The lowest BCUT2D eigenvalue weighted by Gasteiger charge is -2.22. The molecule has 0 aromatic heterocycles. The number of carbonyl (C=O) groups excluding carboxylic acids is 1. The summed E-state index contributed by atoms with van der Waals surface area (Å²) in [6, 6.07) is 5.30. The monoisotopic (exact) mass is 282 g/mol. The SMILES string of the molecule is COc1cccc(NC(=O)N2CCSC2C)c1OC. The summed E-state index contributed by atoms with van der Waals surface area (Å²) in [7, 11) is 3.13. The molecule has 19 heavy (non-hydrogen) atoms. The highest BCUT2D eigenvalue weighted by Crippen LogP contribution is 2.35. The molecule has 1 aromatic carbocycles. The summed E-state index contributed by atoms with van der Waals surface area (Å²) in [6.45, 7) is 2.80. The first-order chi connectivity index (χ1) is 9.17. The van der Waals surface area contributed by atoms with Crippen LogP contribution in [0.3, 0.4) is 0 Å². The molecule has 1 atom stereocenters. The van der Waals surface area contributed by atoms with Crippen LogP contribution in [0.1, 0.15) is 6.92 Å². The molecule has 2 rings (SSSR count). The Bertz CT molecular complexity index is 467. The molecule has 1 fully saturated rings. The number of amides is 2. The van der Waals surface area contributed by atoms with Gasteiger partial charge in [-0.05, 0) is 19.1 Å². The van der Waals surface area contributed by atoms with Crippen LogP contribution in [0.2, 0.25) is 0 Å². The Morgan fingerprint density at radius 3 is 2.79 bits per heavy atom. The van der Waals surface area contributed by atoms with Gasteiger partial charge in [0.2, 0.25) is 0 Å². The van der Waals surface area contributed by atoms with Crippen molar-refractivity contribution < 1.29 is 14.3 Å². The summed E-state index contributed by atoms with van der Waals surface area (Å²) in [5, 5.41) is 3.08. The van der Waals surface area contributed by atoms with Gasteiger partial charge in [0.25, 0.3) is 0 Å². The van der Waals surface area contributed by atoms with E-state index in [1.54, 1.807) is 38.1 Å². The minimum Gasteiger partial charge on any atom is -0.493 e. The van der Waals surface area contributed by atoms with Crippen LogP contribution < -0.4 is 14.8 Å². The highest BCUT2D eigenvalue weighted by molar-refractivity contribution is 8.00. The van der Waals surface area contributed by atoms with Gasteiger partial charge >= 0.3 is 6.03 Å². The smallest absolute Gasteiger partial charge is 0.322 e. The first-order valence-corrected chi connectivity index (χ1v) is 7.12. The molecule has 0 aliphatic carbocycles. The van der Waals surface area contributed by atoms with Gasteiger partial charge in [-0.2, -0.15) is 0 Å². The minimum atomic E-state index is -0.107. The lowest BCUT2D eigenvalue weighted by Crippen LogP contribution is -2.36. The number of methoxy groups -OCH3 is 2. The number of nitrogens with zero attached hydrogens (tertiary/aromatic N) is 1. The Morgan fingerprint density at radius 1 is 1.42 bits per heavy atom. The fourth-order valence-corrected chi connectivity index (χ4v) is 3.06. The Morgan fingerprint density at radius 2 is 2.21 bits per heavy atom. The van der Waals surface area contributed by atoms with Gasteiger partial charge in [0.15, 0.2) is 11.5 Å². The molecule has 1 aliphatic heterocycles. The molecular formula is C13H18N2O3S. The Balaban J connectivity index is 2.16. The molecule has 0 radical (unpaired) electrons. The molecule has 5 nitrogen and oxygen atoms in total. The zero-order valence-corrected chi connectivity index (χ0v) is 12.1. The van der Waals surface area contributed by atoms with E-state index in [9.17, 15) is 4.79 Å². The summed E-state index contributed by atoms with van der Waals surface area (Å²) in [4.78, 5) is 14.0. The van der Waals surface area contributed by atoms with Crippen molar-refractivity contribution in [2.24, 2.45) is 0 Å². The zero-order chi connectivity index (χ0) is 13.8. The minimum absolute atomic E-state index is 0.107.